The molecule has 0 aromatic heterocycles. The standard InChI is InChI=1S/C15H13ClF3NO/c1-9-2-5-14(21)10(6-9)8-20-13-7-11(15(17,18)19)3-4-12(13)16/h2-7,20-21H,8H2,1H3. The van der Waals surface area contributed by atoms with Gasteiger partial charge >= 0.3 is 6.18 Å². The first kappa shape index (κ1) is 15.5. The van der Waals surface area contributed by atoms with Crippen molar-refractivity contribution in [2.75, 3.05) is 5.32 Å². The van der Waals surface area contributed by atoms with Crippen LogP contribution in [0.3, 0.4) is 0 Å². The van der Waals surface area contributed by atoms with Gasteiger partial charge in [0, 0.05) is 12.1 Å². The van der Waals surface area contributed by atoms with E-state index >= 15 is 0 Å². The summed E-state index contributed by atoms with van der Waals surface area (Å²) >= 11 is 5.89. The zero-order valence-electron chi connectivity index (χ0n) is 11.1. The minimum atomic E-state index is -4.42. The van der Waals surface area contributed by atoms with Crippen LogP contribution in [0.25, 0.3) is 0 Å². The Bertz CT molecular complexity index is 656. The second-order valence-corrected chi connectivity index (χ2v) is 5.09. The zero-order chi connectivity index (χ0) is 15.6. The number of hydrogen-bond donors (Lipinski definition) is 2. The number of phenolic OH excluding ortho intramolecular Hbond substituents is 1. The molecule has 6 heteroatoms. The normalized spacial score (nSPS) is 11.5. The topological polar surface area (TPSA) is 32.3 Å². The lowest BCUT2D eigenvalue weighted by molar-refractivity contribution is -0.137. The molecule has 21 heavy (non-hydrogen) atoms. The molecular weight excluding hydrogens is 303 g/mol. The molecule has 0 amide bonds. The summed E-state index contributed by atoms with van der Waals surface area (Å²) in [5, 5.41) is 12.7. The summed E-state index contributed by atoms with van der Waals surface area (Å²) < 4.78 is 38.0. The third kappa shape index (κ3) is 3.82. The molecule has 0 aliphatic heterocycles. The van der Waals surface area contributed by atoms with Crippen molar-refractivity contribution in [1.29, 1.82) is 0 Å². The molecule has 2 rings (SSSR count). The smallest absolute Gasteiger partial charge is 0.416 e. The Morgan fingerprint density at radius 1 is 1.14 bits per heavy atom. The van der Waals surface area contributed by atoms with E-state index in [1.807, 2.05) is 6.92 Å². The quantitative estimate of drug-likeness (QED) is 0.836. The molecule has 0 saturated carbocycles. The molecule has 2 aromatic carbocycles. The van der Waals surface area contributed by atoms with Crippen molar-refractivity contribution in [3.63, 3.8) is 0 Å². The summed E-state index contributed by atoms with van der Waals surface area (Å²) in [6.07, 6.45) is -4.42. The Hall–Kier alpha value is -1.88. The lowest BCUT2D eigenvalue weighted by Crippen LogP contribution is -2.07. The van der Waals surface area contributed by atoms with Crippen LogP contribution >= 0.6 is 11.6 Å². The van der Waals surface area contributed by atoms with Crippen LogP contribution in [0.5, 0.6) is 5.75 Å². The highest BCUT2D eigenvalue weighted by molar-refractivity contribution is 6.33. The van der Waals surface area contributed by atoms with Crippen LogP contribution in [0, 0.1) is 6.92 Å². The number of aromatic hydroxyl groups is 1. The van der Waals surface area contributed by atoms with Crippen LogP contribution in [0.1, 0.15) is 16.7 Å². The zero-order valence-corrected chi connectivity index (χ0v) is 11.9. The van der Waals surface area contributed by atoms with Crippen molar-refractivity contribution in [3.8, 4) is 5.75 Å². The average molecular weight is 316 g/mol. The van der Waals surface area contributed by atoms with Gasteiger partial charge in [0.2, 0.25) is 0 Å². The third-order valence-corrected chi connectivity index (χ3v) is 3.33. The SMILES string of the molecule is Cc1ccc(O)c(CNc2cc(C(F)(F)F)ccc2Cl)c1. The summed E-state index contributed by atoms with van der Waals surface area (Å²) in [7, 11) is 0. The maximum atomic E-state index is 12.7. The molecule has 0 heterocycles. The molecule has 0 radical (unpaired) electrons. The van der Waals surface area contributed by atoms with Gasteiger partial charge in [0.1, 0.15) is 5.75 Å². The largest absolute Gasteiger partial charge is 0.508 e. The van der Waals surface area contributed by atoms with E-state index in [1.54, 1.807) is 18.2 Å². The highest BCUT2D eigenvalue weighted by Crippen LogP contribution is 2.34. The second kappa shape index (κ2) is 5.85. The Morgan fingerprint density at radius 3 is 2.52 bits per heavy atom. The lowest BCUT2D eigenvalue weighted by Gasteiger charge is -2.13. The molecule has 0 aliphatic rings. The first-order chi connectivity index (χ1) is 9.77. The Labute approximate surface area is 125 Å². The van der Waals surface area contributed by atoms with Crippen LogP contribution in [0.2, 0.25) is 5.02 Å². The van der Waals surface area contributed by atoms with E-state index in [0.717, 1.165) is 17.7 Å². The van der Waals surface area contributed by atoms with Crippen molar-refractivity contribution < 1.29 is 18.3 Å². The Kier molecular flexibility index (Phi) is 4.32. The number of hydrogen-bond acceptors (Lipinski definition) is 2. The number of aryl methyl sites for hydroxylation is 1. The molecular formula is C15H13ClF3NO. The van der Waals surface area contributed by atoms with E-state index in [-0.39, 0.29) is 23.0 Å². The number of anilines is 1. The summed E-state index contributed by atoms with van der Waals surface area (Å²) in [5.41, 5.74) is 0.929. The van der Waals surface area contributed by atoms with Crippen molar-refractivity contribution in [3.05, 3.63) is 58.1 Å². The highest BCUT2D eigenvalue weighted by atomic mass is 35.5. The van der Waals surface area contributed by atoms with Gasteiger partial charge in [0.15, 0.2) is 0 Å². The minimum Gasteiger partial charge on any atom is -0.508 e. The van der Waals surface area contributed by atoms with E-state index in [0.29, 0.717) is 5.56 Å². The van der Waals surface area contributed by atoms with Crippen molar-refractivity contribution in [2.45, 2.75) is 19.6 Å². The number of nitrogens with one attached hydrogen (secondary N) is 1. The first-order valence-corrected chi connectivity index (χ1v) is 6.54. The Balaban J connectivity index is 2.22. The van der Waals surface area contributed by atoms with Crippen molar-refractivity contribution >= 4 is 17.3 Å². The summed E-state index contributed by atoms with van der Waals surface area (Å²) in [6.45, 7) is 2.04. The maximum Gasteiger partial charge on any atom is 0.416 e. The second-order valence-electron chi connectivity index (χ2n) is 4.68. The molecule has 0 unspecified atom stereocenters. The molecule has 2 aromatic rings. The van der Waals surface area contributed by atoms with Crippen molar-refractivity contribution in [2.24, 2.45) is 0 Å². The fourth-order valence-electron chi connectivity index (χ4n) is 1.88. The molecule has 0 spiro atoms. The minimum absolute atomic E-state index is 0.0798. The molecule has 0 fully saturated rings. The molecule has 0 bridgehead atoms. The molecule has 0 aliphatic carbocycles. The van der Waals surface area contributed by atoms with E-state index in [4.69, 9.17) is 11.6 Å². The van der Waals surface area contributed by atoms with Crippen LogP contribution in [-0.2, 0) is 12.7 Å². The van der Waals surface area contributed by atoms with Gasteiger partial charge in [-0.2, -0.15) is 13.2 Å². The van der Waals surface area contributed by atoms with Gasteiger partial charge in [-0.05, 0) is 31.2 Å². The van der Waals surface area contributed by atoms with Crippen LogP contribution in [-0.4, -0.2) is 5.11 Å². The van der Waals surface area contributed by atoms with Crippen LogP contribution < -0.4 is 5.32 Å². The number of alkyl halides is 3. The van der Waals surface area contributed by atoms with Gasteiger partial charge in [-0.15, -0.1) is 0 Å². The third-order valence-electron chi connectivity index (χ3n) is 3.00. The van der Waals surface area contributed by atoms with Gasteiger partial charge < -0.3 is 10.4 Å². The lowest BCUT2D eigenvalue weighted by atomic mass is 10.1. The van der Waals surface area contributed by atoms with Gasteiger partial charge in [-0.1, -0.05) is 29.3 Å². The van der Waals surface area contributed by atoms with E-state index in [1.165, 1.54) is 6.07 Å². The van der Waals surface area contributed by atoms with Crippen LogP contribution in [0.4, 0.5) is 18.9 Å². The van der Waals surface area contributed by atoms with Gasteiger partial charge in [-0.3, -0.25) is 0 Å². The number of rotatable bonds is 3. The molecule has 0 atom stereocenters. The fourth-order valence-corrected chi connectivity index (χ4v) is 2.07. The maximum absolute atomic E-state index is 12.7. The first-order valence-electron chi connectivity index (χ1n) is 6.16. The van der Waals surface area contributed by atoms with Gasteiger partial charge in [-0.25, -0.2) is 0 Å². The van der Waals surface area contributed by atoms with Crippen molar-refractivity contribution in [1.82, 2.24) is 0 Å². The van der Waals surface area contributed by atoms with E-state index < -0.39 is 11.7 Å². The molecule has 2 nitrogen and oxygen atoms in total. The number of benzene rings is 2. The predicted molar refractivity (Wildman–Crippen MR) is 76.6 cm³/mol. The Morgan fingerprint density at radius 2 is 1.86 bits per heavy atom. The summed E-state index contributed by atoms with van der Waals surface area (Å²) in [5.74, 6) is 0.0798. The predicted octanol–water partition coefficient (Wildman–Crippen LogP) is 4.98. The summed E-state index contributed by atoms with van der Waals surface area (Å²) in [6, 6.07) is 8.12. The fraction of sp³-hybridized carbons (Fsp3) is 0.200. The molecule has 112 valence electrons. The van der Waals surface area contributed by atoms with E-state index in [2.05, 4.69) is 5.32 Å². The van der Waals surface area contributed by atoms with Gasteiger partial charge in [0.05, 0.1) is 16.3 Å². The number of halogens is 4. The van der Waals surface area contributed by atoms with E-state index in [9.17, 15) is 18.3 Å². The monoisotopic (exact) mass is 315 g/mol. The number of phenols is 1. The molecule has 2 N–H and O–H groups in total. The highest BCUT2D eigenvalue weighted by Gasteiger charge is 2.30. The average Bonchev–Trinajstić information content (AvgIpc) is 2.40. The molecule has 0 saturated heterocycles. The van der Waals surface area contributed by atoms with Crippen LogP contribution in [0.15, 0.2) is 36.4 Å². The summed E-state index contributed by atoms with van der Waals surface area (Å²) in [4.78, 5) is 0. The van der Waals surface area contributed by atoms with Gasteiger partial charge in [0.25, 0.3) is 0 Å².